The van der Waals surface area contributed by atoms with Gasteiger partial charge >= 0.3 is 6.18 Å². The smallest absolute Gasteiger partial charge is 0.314 e. The first-order valence-electron chi connectivity index (χ1n) is 6.33. The molecule has 1 aromatic rings. The van der Waals surface area contributed by atoms with Crippen LogP contribution in [0, 0.1) is 5.82 Å². The van der Waals surface area contributed by atoms with Crippen molar-refractivity contribution in [1.29, 1.82) is 0 Å². The predicted molar refractivity (Wildman–Crippen MR) is 76.5 cm³/mol. The third kappa shape index (κ3) is 5.62. The Morgan fingerprint density at radius 2 is 1.81 bits per heavy atom. The maximum Gasteiger partial charge on any atom is 0.390 e. The second kappa shape index (κ2) is 7.63. The molecule has 0 amide bonds. The van der Waals surface area contributed by atoms with Crippen LogP contribution in [0.25, 0.3) is 0 Å². The lowest BCUT2D eigenvalue weighted by Gasteiger charge is -2.35. The van der Waals surface area contributed by atoms with Crippen LogP contribution in [-0.4, -0.2) is 37.3 Å². The molecule has 0 spiro atoms. The first kappa shape index (κ1) is 18.5. The summed E-state index contributed by atoms with van der Waals surface area (Å²) in [6.07, 6.45) is -5.32. The molecular weight excluding hydrogens is 331 g/mol. The fraction of sp³-hybridized carbons (Fsp3) is 0.538. The molecule has 0 saturated carbocycles. The van der Waals surface area contributed by atoms with E-state index in [0.29, 0.717) is 26.2 Å². The van der Waals surface area contributed by atoms with E-state index in [0.717, 1.165) is 12.1 Å². The summed E-state index contributed by atoms with van der Waals surface area (Å²) in [4.78, 5) is 1.72. The second-order valence-electron chi connectivity index (χ2n) is 4.82. The number of benzene rings is 1. The van der Waals surface area contributed by atoms with Crippen molar-refractivity contribution in [3.63, 3.8) is 0 Å². The van der Waals surface area contributed by atoms with E-state index in [1.807, 2.05) is 0 Å². The predicted octanol–water partition coefficient (Wildman–Crippen LogP) is 3.80. The molecule has 2 nitrogen and oxygen atoms in total. The van der Waals surface area contributed by atoms with Crippen LogP contribution in [0.1, 0.15) is 18.0 Å². The van der Waals surface area contributed by atoms with Crippen molar-refractivity contribution < 1.29 is 17.6 Å². The first-order valence-corrected chi connectivity index (χ1v) is 6.70. The molecule has 1 aliphatic heterocycles. The van der Waals surface area contributed by atoms with Crippen molar-refractivity contribution in [2.24, 2.45) is 0 Å². The van der Waals surface area contributed by atoms with E-state index >= 15 is 0 Å². The van der Waals surface area contributed by atoms with E-state index in [2.05, 4.69) is 5.32 Å². The lowest BCUT2D eigenvalue weighted by molar-refractivity contribution is -0.148. The fourth-order valence-corrected chi connectivity index (χ4v) is 2.67. The lowest BCUT2D eigenvalue weighted by atomic mass is 10.0. The molecule has 1 saturated heterocycles. The Bertz CT molecular complexity index is 442. The Balaban J connectivity index is 0.00000220. The van der Waals surface area contributed by atoms with Gasteiger partial charge in [-0.3, -0.25) is 4.90 Å². The Hall–Kier alpha value is -0.560. The minimum absolute atomic E-state index is 0. The van der Waals surface area contributed by atoms with E-state index in [1.165, 1.54) is 6.07 Å². The molecule has 0 bridgehead atoms. The summed E-state index contributed by atoms with van der Waals surface area (Å²) >= 11 is 5.75. The van der Waals surface area contributed by atoms with Gasteiger partial charge in [0.1, 0.15) is 5.82 Å². The minimum Gasteiger partial charge on any atom is -0.314 e. The van der Waals surface area contributed by atoms with Gasteiger partial charge in [-0.2, -0.15) is 13.2 Å². The van der Waals surface area contributed by atoms with Gasteiger partial charge in [0, 0.05) is 37.2 Å². The Morgan fingerprint density at radius 3 is 2.33 bits per heavy atom. The van der Waals surface area contributed by atoms with Crippen LogP contribution in [0.2, 0.25) is 5.02 Å². The number of rotatable bonds is 3. The topological polar surface area (TPSA) is 15.3 Å². The van der Waals surface area contributed by atoms with Gasteiger partial charge in [0.2, 0.25) is 0 Å². The molecule has 0 unspecified atom stereocenters. The Morgan fingerprint density at radius 1 is 1.19 bits per heavy atom. The molecule has 1 atom stereocenters. The zero-order valence-corrected chi connectivity index (χ0v) is 12.7. The van der Waals surface area contributed by atoms with E-state index in [1.54, 1.807) is 4.90 Å². The summed E-state index contributed by atoms with van der Waals surface area (Å²) in [5, 5.41) is 3.20. The van der Waals surface area contributed by atoms with Crippen molar-refractivity contribution in [3.05, 3.63) is 34.6 Å². The van der Waals surface area contributed by atoms with Crippen molar-refractivity contribution in [3.8, 4) is 0 Å². The van der Waals surface area contributed by atoms with E-state index < -0.39 is 24.5 Å². The summed E-state index contributed by atoms with van der Waals surface area (Å²) < 4.78 is 51.7. The van der Waals surface area contributed by atoms with Gasteiger partial charge in [0.15, 0.2) is 0 Å². The summed E-state index contributed by atoms with van der Waals surface area (Å²) in [6, 6.07) is 2.73. The summed E-state index contributed by atoms with van der Waals surface area (Å²) in [5.74, 6) is -0.616. The molecule has 8 heteroatoms. The van der Waals surface area contributed by atoms with Crippen LogP contribution in [0.15, 0.2) is 18.2 Å². The van der Waals surface area contributed by atoms with Gasteiger partial charge in [-0.05, 0) is 23.8 Å². The molecular formula is C13H16Cl2F4N2. The van der Waals surface area contributed by atoms with Gasteiger partial charge < -0.3 is 5.32 Å². The maximum atomic E-state index is 13.4. The summed E-state index contributed by atoms with van der Waals surface area (Å²) in [5.41, 5.74) is 0.272. The average Bonchev–Trinajstić information content (AvgIpc) is 2.35. The van der Waals surface area contributed by atoms with Crippen LogP contribution in [0.3, 0.4) is 0 Å². The number of piperazine rings is 1. The van der Waals surface area contributed by atoms with Gasteiger partial charge in [0.05, 0.1) is 6.42 Å². The van der Waals surface area contributed by atoms with E-state index in [4.69, 9.17) is 11.6 Å². The minimum atomic E-state index is -4.31. The fourth-order valence-electron chi connectivity index (χ4n) is 2.44. The zero-order valence-electron chi connectivity index (χ0n) is 11.1. The second-order valence-corrected chi connectivity index (χ2v) is 5.26. The number of nitrogens with zero attached hydrogens (tertiary/aromatic N) is 1. The maximum absolute atomic E-state index is 13.4. The van der Waals surface area contributed by atoms with Gasteiger partial charge in [-0.15, -0.1) is 12.4 Å². The lowest BCUT2D eigenvalue weighted by Crippen LogP contribution is -2.46. The first-order chi connectivity index (χ1) is 9.35. The quantitative estimate of drug-likeness (QED) is 0.837. The van der Waals surface area contributed by atoms with Crippen molar-refractivity contribution in [2.45, 2.75) is 18.6 Å². The standard InChI is InChI=1S/C13H15ClF4N2.ClH/c14-10-5-9(6-11(15)7-10)12(8-13(16,17)18)20-3-1-19-2-4-20;/h5-7,12,19H,1-4,8H2;1H/t12-;/m0./s1. The van der Waals surface area contributed by atoms with Crippen molar-refractivity contribution in [2.75, 3.05) is 26.2 Å². The van der Waals surface area contributed by atoms with Gasteiger partial charge in [-0.1, -0.05) is 11.6 Å². The van der Waals surface area contributed by atoms with Crippen LogP contribution in [0.5, 0.6) is 0 Å². The van der Waals surface area contributed by atoms with Crippen LogP contribution in [0.4, 0.5) is 17.6 Å². The number of hydrogen-bond donors (Lipinski definition) is 1. The molecule has 1 aliphatic rings. The summed E-state index contributed by atoms with van der Waals surface area (Å²) in [6.45, 7) is 2.23. The highest BCUT2D eigenvalue weighted by Crippen LogP contribution is 2.35. The van der Waals surface area contributed by atoms with Crippen molar-refractivity contribution in [1.82, 2.24) is 10.2 Å². The Labute approximate surface area is 131 Å². The molecule has 2 rings (SSSR count). The molecule has 1 N–H and O–H groups in total. The molecule has 0 aromatic heterocycles. The highest BCUT2D eigenvalue weighted by molar-refractivity contribution is 6.30. The number of halogens is 6. The molecule has 21 heavy (non-hydrogen) atoms. The molecule has 1 fully saturated rings. The molecule has 0 radical (unpaired) electrons. The van der Waals surface area contributed by atoms with Gasteiger partial charge in [0.25, 0.3) is 0 Å². The third-order valence-corrected chi connectivity index (χ3v) is 3.51. The van der Waals surface area contributed by atoms with Gasteiger partial charge in [-0.25, -0.2) is 4.39 Å². The van der Waals surface area contributed by atoms with Crippen LogP contribution in [-0.2, 0) is 0 Å². The highest BCUT2D eigenvalue weighted by atomic mass is 35.5. The van der Waals surface area contributed by atoms with Crippen molar-refractivity contribution >= 4 is 24.0 Å². The van der Waals surface area contributed by atoms with E-state index in [-0.39, 0.29) is 23.0 Å². The number of nitrogens with one attached hydrogen (secondary N) is 1. The van der Waals surface area contributed by atoms with Crippen LogP contribution < -0.4 is 5.32 Å². The molecule has 1 aromatic carbocycles. The monoisotopic (exact) mass is 346 g/mol. The largest absolute Gasteiger partial charge is 0.390 e. The number of hydrogen-bond acceptors (Lipinski definition) is 2. The molecule has 120 valence electrons. The third-order valence-electron chi connectivity index (χ3n) is 3.29. The van der Waals surface area contributed by atoms with Crippen LogP contribution >= 0.6 is 24.0 Å². The van der Waals surface area contributed by atoms with E-state index in [9.17, 15) is 17.6 Å². The molecule has 0 aliphatic carbocycles. The zero-order chi connectivity index (χ0) is 14.8. The number of alkyl halides is 3. The normalized spacial score (nSPS) is 18.1. The summed E-state index contributed by atoms with van der Waals surface area (Å²) in [7, 11) is 0. The SMILES string of the molecule is Cl.Fc1cc(Cl)cc([C@H](CC(F)(F)F)N2CCNCC2)c1. The Kier molecular flexibility index (Phi) is 6.71. The highest BCUT2D eigenvalue weighted by Gasteiger charge is 2.36. The molecule has 1 heterocycles. The average molecular weight is 347 g/mol.